The van der Waals surface area contributed by atoms with Crippen LogP contribution in [0.1, 0.15) is 44.1 Å². The zero-order valence-corrected chi connectivity index (χ0v) is 11.3. The van der Waals surface area contributed by atoms with Gasteiger partial charge in [0.25, 0.3) is 0 Å². The van der Waals surface area contributed by atoms with Crippen molar-refractivity contribution < 1.29 is 9.53 Å². The Morgan fingerprint density at radius 3 is 2.72 bits per heavy atom. The summed E-state index contributed by atoms with van der Waals surface area (Å²) >= 11 is 0. The maximum absolute atomic E-state index is 11.0. The SMILES string of the molecule is CCCc1c(CC(N)=O)nnn1C(CC)COC. The molecule has 0 radical (unpaired) electrons. The van der Waals surface area contributed by atoms with Gasteiger partial charge in [-0.3, -0.25) is 4.79 Å². The van der Waals surface area contributed by atoms with Crippen molar-refractivity contribution in [1.29, 1.82) is 0 Å². The molecule has 6 heteroatoms. The topological polar surface area (TPSA) is 83.0 Å². The van der Waals surface area contributed by atoms with Gasteiger partial charge in [0.2, 0.25) is 5.91 Å². The van der Waals surface area contributed by atoms with Crippen molar-refractivity contribution in [3.05, 3.63) is 11.4 Å². The number of amides is 1. The fourth-order valence-electron chi connectivity index (χ4n) is 1.99. The Morgan fingerprint density at radius 2 is 2.22 bits per heavy atom. The Balaban J connectivity index is 3.02. The number of methoxy groups -OCH3 is 1. The van der Waals surface area contributed by atoms with Gasteiger partial charge in [-0.15, -0.1) is 5.10 Å². The number of hydrogen-bond acceptors (Lipinski definition) is 4. The first-order valence-electron chi connectivity index (χ1n) is 6.34. The number of nitrogens with zero attached hydrogens (tertiary/aromatic N) is 3. The lowest BCUT2D eigenvalue weighted by Gasteiger charge is -2.16. The standard InChI is InChI=1S/C12H22N4O2/c1-4-6-11-10(7-12(13)17)14-15-16(11)9(5-2)8-18-3/h9H,4-8H2,1-3H3,(H2,13,17). The fourth-order valence-corrected chi connectivity index (χ4v) is 1.99. The highest BCUT2D eigenvalue weighted by atomic mass is 16.5. The van der Waals surface area contributed by atoms with Crippen LogP contribution in [0.3, 0.4) is 0 Å². The molecule has 18 heavy (non-hydrogen) atoms. The maximum Gasteiger partial charge on any atom is 0.223 e. The highest BCUT2D eigenvalue weighted by Crippen LogP contribution is 2.17. The van der Waals surface area contributed by atoms with Crippen LogP contribution < -0.4 is 5.73 Å². The first-order chi connectivity index (χ1) is 8.63. The molecule has 0 fully saturated rings. The summed E-state index contributed by atoms with van der Waals surface area (Å²) in [7, 11) is 1.67. The van der Waals surface area contributed by atoms with Crippen LogP contribution >= 0.6 is 0 Å². The molecule has 1 aromatic heterocycles. The Kier molecular flexibility index (Phi) is 5.77. The summed E-state index contributed by atoms with van der Waals surface area (Å²) in [6.07, 6.45) is 2.88. The van der Waals surface area contributed by atoms with E-state index in [2.05, 4.69) is 24.2 Å². The van der Waals surface area contributed by atoms with Crippen molar-refractivity contribution in [3.8, 4) is 0 Å². The molecule has 1 unspecified atom stereocenters. The van der Waals surface area contributed by atoms with Crippen molar-refractivity contribution >= 4 is 5.91 Å². The van der Waals surface area contributed by atoms with Crippen LogP contribution in [0.25, 0.3) is 0 Å². The summed E-state index contributed by atoms with van der Waals surface area (Å²) in [4.78, 5) is 11.0. The lowest BCUT2D eigenvalue weighted by molar-refractivity contribution is -0.117. The fraction of sp³-hybridized carbons (Fsp3) is 0.750. The molecule has 0 aliphatic carbocycles. The lowest BCUT2D eigenvalue weighted by atomic mass is 10.1. The Bertz CT molecular complexity index is 389. The van der Waals surface area contributed by atoms with Gasteiger partial charge in [-0.25, -0.2) is 4.68 Å². The van der Waals surface area contributed by atoms with Crippen LogP contribution in [0.15, 0.2) is 0 Å². The van der Waals surface area contributed by atoms with Crippen LogP contribution in [-0.4, -0.2) is 34.6 Å². The molecule has 1 amide bonds. The van der Waals surface area contributed by atoms with E-state index in [1.54, 1.807) is 7.11 Å². The van der Waals surface area contributed by atoms with E-state index in [-0.39, 0.29) is 18.4 Å². The van der Waals surface area contributed by atoms with Gasteiger partial charge in [0.15, 0.2) is 0 Å². The van der Waals surface area contributed by atoms with Gasteiger partial charge in [0.1, 0.15) is 0 Å². The molecule has 1 heterocycles. The van der Waals surface area contributed by atoms with Crippen molar-refractivity contribution in [1.82, 2.24) is 15.0 Å². The average Bonchev–Trinajstić information content (AvgIpc) is 2.69. The zero-order valence-electron chi connectivity index (χ0n) is 11.3. The molecule has 1 rings (SSSR count). The Labute approximate surface area is 107 Å². The van der Waals surface area contributed by atoms with Crippen molar-refractivity contribution in [2.24, 2.45) is 5.73 Å². The Morgan fingerprint density at radius 1 is 1.50 bits per heavy atom. The van der Waals surface area contributed by atoms with Gasteiger partial charge in [0.05, 0.1) is 30.5 Å². The highest BCUT2D eigenvalue weighted by molar-refractivity contribution is 5.76. The molecule has 0 aromatic carbocycles. The van der Waals surface area contributed by atoms with Gasteiger partial charge in [-0.05, 0) is 12.8 Å². The van der Waals surface area contributed by atoms with Crippen LogP contribution in [0, 0.1) is 0 Å². The van der Waals surface area contributed by atoms with Crippen LogP contribution in [-0.2, 0) is 22.4 Å². The molecule has 1 atom stereocenters. The van der Waals surface area contributed by atoms with Crippen molar-refractivity contribution in [3.63, 3.8) is 0 Å². The second kappa shape index (κ2) is 7.10. The summed E-state index contributed by atoms with van der Waals surface area (Å²) in [5.74, 6) is -0.376. The number of aromatic nitrogens is 3. The van der Waals surface area contributed by atoms with E-state index in [0.29, 0.717) is 12.3 Å². The molecule has 1 aromatic rings. The molecule has 0 bridgehead atoms. The van der Waals surface area contributed by atoms with Gasteiger partial charge in [-0.2, -0.15) is 0 Å². The number of carbonyl (C=O) groups excluding carboxylic acids is 1. The monoisotopic (exact) mass is 254 g/mol. The number of rotatable bonds is 8. The smallest absolute Gasteiger partial charge is 0.223 e. The van der Waals surface area contributed by atoms with Crippen LogP contribution in [0.2, 0.25) is 0 Å². The summed E-state index contributed by atoms with van der Waals surface area (Å²) in [5, 5.41) is 8.24. The van der Waals surface area contributed by atoms with E-state index in [9.17, 15) is 4.79 Å². The predicted octanol–water partition coefficient (Wildman–Crippen LogP) is 0.856. The first kappa shape index (κ1) is 14.6. The van der Waals surface area contributed by atoms with E-state index < -0.39 is 0 Å². The summed E-state index contributed by atoms with van der Waals surface area (Å²) in [6, 6.07) is 0.158. The van der Waals surface area contributed by atoms with E-state index in [1.807, 2.05) is 4.68 Å². The molecular weight excluding hydrogens is 232 g/mol. The van der Waals surface area contributed by atoms with E-state index in [1.165, 1.54) is 0 Å². The Hall–Kier alpha value is -1.43. The van der Waals surface area contributed by atoms with Gasteiger partial charge in [-0.1, -0.05) is 25.5 Å². The molecule has 2 N–H and O–H groups in total. The maximum atomic E-state index is 11.0. The molecule has 0 aliphatic heterocycles. The third-order valence-corrected chi connectivity index (χ3v) is 2.88. The minimum absolute atomic E-state index is 0.152. The number of hydrogen-bond donors (Lipinski definition) is 1. The lowest BCUT2D eigenvalue weighted by Crippen LogP contribution is -2.19. The summed E-state index contributed by atoms with van der Waals surface area (Å²) < 4.78 is 7.07. The van der Waals surface area contributed by atoms with Crippen LogP contribution in [0.5, 0.6) is 0 Å². The molecule has 0 saturated heterocycles. The zero-order chi connectivity index (χ0) is 13.5. The van der Waals surface area contributed by atoms with Crippen LogP contribution in [0.4, 0.5) is 0 Å². The largest absolute Gasteiger partial charge is 0.382 e. The number of carbonyl (C=O) groups is 1. The third-order valence-electron chi connectivity index (χ3n) is 2.88. The summed E-state index contributed by atoms with van der Waals surface area (Å²) in [5.41, 5.74) is 6.92. The quantitative estimate of drug-likeness (QED) is 0.745. The second-order valence-corrected chi connectivity index (χ2v) is 4.34. The van der Waals surface area contributed by atoms with E-state index in [4.69, 9.17) is 10.5 Å². The highest BCUT2D eigenvalue weighted by Gasteiger charge is 2.19. The predicted molar refractivity (Wildman–Crippen MR) is 68.1 cm³/mol. The van der Waals surface area contributed by atoms with E-state index in [0.717, 1.165) is 25.0 Å². The number of nitrogens with two attached hydrogens (primary N) is 1. The first-order valence-corrected chi connectivity index (χ1v) is 6.34. The normalized spacial score (nSPS) is 12.6. The molecule has 6 nitrogen and oxygen atoms in total. The van der Waals surface area contributed by atoms with Crippen molar-refractivity contribution in [2.75, 3.05) is 13.7 Å². The second-order valence-electron chi connectivity index (χ2n) is 4.34. The molecule has 0 aliphatic rings. The van der Waals surface area contributed by atoms with Gasteiger partial charge in [0, 0.05) is 7.11 Å². The third kappa shape index (κ3) is 3.53. The number of ether oxygens (including phenoxy) is 1. The minimum Gasteiger partial charge on any atom is -0.382 e. The summed E-state index contributed by atoms with van der Waals surface area (Å²) in [6.45, 7) is 4.75. The average molecular weight is 254 g/mol. The van der Waals surface area contributed by atoms with Gasteiger partial charge >= 0.3 is 0 Å². The number of primary amides is 1. The molecule has 0 spiro atoms. The minimum atomic E-state index is -0.376. The molecule has 0 saturated carbocycles. The van der Waals surface area contributed by atoms with Gasteiger partial charge < -0.3 is 10.5 Å². The molecular formula is C12H22N4O2. The molecule has 102 valence electrons. The van der Waals surface area contributed by atoms with Crippen molar-refractivity contribution in [2.45, 2.75) is 45.6 Å². The van der Waals surface area contributed by atoms with E-state index >= 15 is 0 Å².